The van der Waals surface area contributed by atoms with Crippen molar-refractivity contribution < 1.29 is 9.21 Å². The number of nitrogens with two attached hydrogens (primary N) is 1. The molecule has 3 heteroatoms. The summed E-state index contributed by atoms with van der Waals surface area (Å²) >= 11 is 0. The van der Waals surface area contributed by atoms with E-state index in [1.165, 1.54) is 0 Å². The van der Waals surface area contributed by atoms with Crippen molar-refractivity contribution in [2.24, 2.45) is 5.73 Å². The van der Waals surface area contributed by atoms with E-state index in [-0.39, 0.29) is 5.76 Å². The molecule has 0 bridgehead atoms. The summed E-state index contributed by atoms with van der Waals surface area (Å²) in [5.74, 6) is 0.310. The Morgan fingerprint density at radius 3 is 2.53 bits per heavy atom. The fraction of sp³-hybridized carbons (Fsp3) is 0.0833. The maximum absolute atomic E-state index is 10.9. The van der Waals surface area contributed by atoms with Gasteiger partial charge in [0.05, 0.1) is 0 Å². The summed E-state index contributed by atoms with van der Waals surface area (Å²) in [6.45, 7) is 1.99. The predicted octanol–water partition coefficient (Wildman–Crippen LogP) is 2.35. The van der Waals surface area contributed by atoms with Crippen molar-refractivity contribution in [3.8, 4) is 11.3 Å². The average molecular weight is 201 g/mol. The van der Waals surface area contributed by atoms with Gasteiger partial charge in [0.2, 0.25) is 0 Å². The molecule has 0 aliphatic rings. The molecule has 0 spiro atoms. The minimum atomic E-state index is -0.546. The van der Waals surface area contributed by atoms with Crippen LogP contribution in [0.1, 0.15) is 16.1 Å². The van der Waals surface area contributed by atoms with Crippen molar-refractivity contribution in [3.05, 3.63) is 47.7 Å². The number of rotatable bonds is 2. The lowest BCUT2D eigenvalue weighted by molar-refractivity contribution is 0.0974. The molecule has 1 amide bonds. The second-order valence-corrected chi connectivity index (χ2v) is 3.34. The second kappa shape index (κ2) is 3.61. The highest BCUT2D eigenvalue weighted by atomic mass is 16.3. The first-order valence-electron chi connectivity index (χ1n) is 4.64. The topological polar surface area (TPSA) is 56.2 Å². The fourth-order valence-electron chi connectivity index (χ4n) is 1.46. The van der Waals surface area contributed by atoms with Gasteiger partial charge in [-0.05, 0) is 24.6 Å². The van der Waals surface area contributed by atoms with Gasteiger partial charge in [-0.2, -0.15) is 0 Å². The minimum Gasteiger partial charge on any atom is -0.451 e. The van der Waals surface area contributed by atoms with Crippen LogP contribution >= 0.6 is 0 Å². The van der Waals surface area contributed by atoms with E-state index >= 15 is 0 Å². The third-order valence-corrected chi connectivity index (χ3v) is 2.26. The molecule has 1 aromatic heterocycles. The van der Waals surface area contributed by atoms with Gasteiger partial charge < -0.3 is 10.2 Å². The van der Waals surface area contributed by atoms with Crippen LogP contribution in [-0.4, -0.2) is 5.91 Å². The molecule has 15 heavy (non-hydrogen) atoms. The van der Waals surface area contributed by atoms with Crippen LogP contribution in [-0.2, 0) is 0 Å². The van der Waals surface area contributed by atoms with Gasteiger partial charge in [0.15, 0.2) is 5.76 Å². The Bertz CT molecular complexity index is 500. The van der Waals surface area contributed by atoms with Gasteiger partial charge in [0.25, 0.3) is 5.91 Å². The smallest absolute Gasteiger partial charge is 0.284 e. The van der Waals surface area contributed by atoms with Crippen molar-refractivity contribution in [2.45, 2.75) is 6.92 Å². The molecule has 0 aliphatic heterocycles. The monoisotopic (exact) mass is 201 g/mol. The maximum Gasteiger partial charge on any atom is 0.284 e. The van der Waals surface area contributed by atoms with Crippen LogP contribution in [0.25, 0.3) is 11.3 Å². The van der Waals surface area contributed by atoms with E-state index in [9.17, 15) is 4.79 Å². The number of hydrogen-bond donors (Lipinski definition) is 1. The lowest BCUT2D eigenvalue weighted by Gasteiger charge is -2.00. The standard InChI is InChI=1S/C12H11NO2/c1-8-4-2-3-5-9(8)10-6-7-11(15-10)12(13)14/h2-7H,1H3,(H2,13,14). The molecule has 2 rings (SSSR count). The number of carbonyl (C=O) groups is 1. The van der Waals surface area contributed by atoms with Gasteiger partial charge in [-0.25, -0.2) is 0 Å². The second-order valence-electron chi connectivity index (χ2n) is 3.34. The minimum absolute atomic E-state index is 0.188. The number of furan rings is 1. The zero-order valence-corrected chi connectivity index (χ0v) is 8.36. The Kier molecular flexibility index (Phi) is 2.29. The summed E-state index contributed by atoms with van der Waals surface area (Å²) in [5, 5.41) is 0. The van der Waals surface area contributed by atoms with Gasteiger partial charge >= 0.3 is 0 Å². The van der Waals surface area contributed by atoms with E-state index in [0.717, 1.165) is 11.1 Å². The first-order valence-corrected chi connectivity index (χ1v) is 4.64. The van der Waals surface area contributed by atoms with E-state index in [1.54, 1.807) is 12.1 Å². The van der Waals surface area contributed by atoms with E-state index < -0.39 is 5.91 Å². The molecule has 0 saturated carbocycles. The molecule has 1 heterocycles. The zero-order valence-electron chi connectivity index (χ0n) is 8.36. The molecular weight excluding hydrogens is 190 g/mol. The highest BCUT2D eigenvalue weighted by Gasteiger charge is 2.09. The van der Waals surface area contributed by atoms with Gasteiger partial charge in [0.1, 0.15) is 5.76 Å². The summed E-state index contributed by atoms with van der Waals surface area (Å²) in [7, 11) is 0. The van der Waals surface area contributed by atoms with Crippen LogP contribution in [0.5, 0.6) is 0 Å². The molecule has 2 aromatic rings. The summed E-state index contributed by atoms with van der Waals surface area (Å²) in [6, 6.07) is 11.2. The summed E-state index contributed by atoms with van der Waals surface area (Å²) < 4.78 is 5.34. The van der Waals surface area contributed by atoms with Gasteiger partial charge in [-0.15, -0.1) is 0 Å². The highest BCUT2D eigenvalue weighted by Crippen LogP contribution is 2.24. The molecular formula is C12H11NO2. The van der Waals surface area contributed by atoms with Crippen molar-refractivity contribution in [1.29, 1.82) is 0 Å². The van der Waals surface area contributed by atoms with E-state index in [0.29, 0.717) is 5.76 Å². The van der Waals surface area contributed by atoms with Gasteiger partial charge in [-0.3, -0.25) is 4.79 Å². The van der Waals surface area contributed by atoms with Crippen LogP contribution in [0.3, 0.4) is 0 Å². The Balaban J connectivity index is 2.46. The van der Waals surface area contributed by atoms with E-state index in [1.807, 2.05) is 31.2 Å². The Labute approximate surface area is 87.5 Å². The largest absolute Gasteiger partial charge is 0.451 e. The van der Waals surface area contributed by atoms with Crippen LogP contribution in [0.15, 0.2) is 40.8 Å². The summed E-state index contributed by atoms with van der Waals surface area (Å²) in [5.41, 5.74) is 7.19. The summed E-state index contributed by atoms with van der Waals surface area (Å²) in [6.07, 6.45) is 0. The summed E-state index contributed by atoms with van der Waals surface area (Å²) in [4.78, 5) is 10.9. The Morgan fingerprint density at radius 1 is 1.20 bits per heavy atom. The molecule has 3 nitrogen and oxygen atoms in total. The number of amides is 1. The van der Waals surface area contributed by atoms with Crippen molar-refractivity contribution in [1.82, 2.24) is 0 Å². The predicted molar refractivity (Wildman–Crippen MR) is 57.4 cm³/mol. The highest BCUT2D eigenvalue weighted by molar-refractivity contribution is 5.90. The number of aryl methyl sites for hydroxylation is 1. The van der Waals surface area contributed by atoms with E-state index in [4.69, 9.17) is 10.2 Å². The first-order chi connectivity index (χ1) is 7.18. The van der Waals surface area contributed by atoms with Crippen LogP contribution in [0.2, 0.25) is 0 Å². The SMILES string of the molecule is Cc1ccccc1-c1ccc(C(N)=O)o1. The van der Waals surface area contributed by atoms with Crippen LogP contribution in [0, 0.1) is 6.92 Å². The quantitative estimate of drug-likeness (QED) is 0.810. The van der Waals surface area contributed by atoms with Gasteiger partial charge in [0, 0.05) is 5.56 Å². The lowest BCUT2D eigenvalue weighted by atomic mass is 10.1. The van der Waals surface area contributed by atoms with Gasteiger partial charge in [-0.1, -0.05) is 24.3 Å². The molecule has 0 unspecified atom stereocenters. The molecule has 0 saturated heterocycles. The van der Waals surface area contributed by atoms with Crippen molar-refractivity contribution in [3.63, 3.8) is 0 Å². The van der Waals surface area contributed by atoms with Crippen molar-refractivity contribution in [2.75, 3.05) is 0 Å². The average Bonchev–Trinajstić information content (AvgIpc) is 2.67. The molecule has 0 radical (unpaired) electrons. The maximum atomic E-state index is 10.9. The number of carbonyl (C=O) groups excluding carboxylic acids is 1. The Hall–Kier alpha value is -2.03. The molecule has 0 atom stereocenters. The third-order valence-electron chi connectivity index (χ3n) is 2.26. The molecule has 1 aromatic carbocycles. The normalized spacial score (nSPS) is 10.2. The number of primary amides is 1. The van der Waals surface area contributed by atoms with E-state index in [2.05, 4.69) is 0 Å². The van der Waals surface area contributed by atoms with Crippen molar-refractivity contribution >= 4 is 5.91 Å². The third kappa shape index (κ3) is 1.76. The first kappa shape index (κ1) is 9.52. The number of hydrogen-bond acceptors (Lipinski definition) is 2. The molecule has 0 fully saturated rings. The van der Waals surface area contributed by atoms with Crippen LogP contribution < -0.4 is 5.73 Å². The molecule has 76 valence electrons. The zero-order chi connectivity index (χ0) is 10.8. The molecule has 2 N–H and O–H groups in total. The fourth-order valence-corrected chi connectivity index (χ4v) is 1.46. The lowest BCUT2D eigenvalue weighted by Crippen LogP contribution is -2.09. The Morgan fingerprint density at radius 2 is 1.93 bits per heavy atom. The molecule has 0 aliphatic carbocycles. The number of benzene rings is 1. The van der Waals surface area contributed by atoms with Crippen LogP contribution in [0.4, 0.5) is 0 Å².